The van der Waals surface area contributed by atoms with E-state index in [0.717, 1.165) is 0 Å². The predicted octanol–water partition coefficient (Wildman–Crippen LogP) is 2.66. The van der Waals surface area contributed by atoms with Gasteiger partial charge in [0.05, 0.1) is 16.3 Å². The van der Waals surface area contributed by atoms with E-state index in [4.69, 9.17) is 16.7 Å². The number of likely N-dealkylation sites (tertiary alicyclic amines) is 1. The van der Waals surface area contributed by atoms with E-state index in [-0.39, 0.29) is 36.5 Å². The summed E-state index contributed by atoms with van der Waals surface area (Å²) >= 11 is 5.95. The maximum Gasteiger partial charge on any atom is 0.337 e. The van der Waals surface area contributed by atoms with Gasteiger partial charge in [-0.15, -0.1) is 0 Å². The van der Waals surface area contributed by atoms with Crippen LogP contribution in [0.1, 0.15) is 28.9 Å². The zero-order valence-corrected chi connectivity index (χ0v) is 10.8. The minimum Gasteiger partial charge on any atom is -0.478 e. The van der Waals surface area contributed by atoms with Gasteiger partial charge in [0, 0.05) is 38.7 Å². The summed E-state index contributed by atoms with van der Waals surface area (Å²) in [4.78, 5) is 16.6. The number of hydrogen-bond acceptors (Lipinski definition) is 3. The Morgan fingerprint density at radius 2 is 2.11 bits per heavy atom. The summed E-state index contributed by atoms with van der Waals surface area (Å²) in [6.45, 7) is 0.923. The van der Waals surface area contributed by atoms with Crippen LogP contribution < -0.4 is 0 Å². The molecule has 0 bridgehead atoms. The lowest BCUT2D eigenvalue weighted by Crippen LogP contribution is -2.39. The van der Waals surface area contributed by atoms with Crippen LogP contribution in [0.2, 0.25) is 5.02 Å². The Hall–Kier alpha value is -1.27. The highest BCUT2D eigenvalue weighted by atomic mass is 35.5. The third kappa shape index (κ3) is 3.61. The normalized spacial score (nSPS) is 19.3. The fourth-order valence-corrected chi connectivity index (χ4v) is 2.18. The van der Waals surface area contributed by atoms with E-state index in [2.05, 4.69) is 4.98 Å². The van der Waals surface area contributed by atoms with Crippen molar-refractivity contribution in [1.82, 2.24) is 9.88 Å². The average molecular weight is 291 g/mol. The summed E-state index contributed by atoms with van der Waals surface area (Å²) in [5.74, 6) is -3.68. The molecule has 2 heterocycles. The standard InChI is InChI=1S/C12H13ClF2N2O2/c13-9-5-8(11(18)19)6-16-10(9)7-17-3-1-12(14,15)2-4-17/h5-6H,1-4,7H2,(H,18,19). The van der Waals surface area contributed by atoms with Gasteiger partial charge in [-0.1, -0.05) is 11.6 Å². The number of alkyl halides is 2. The Labute approximate surface area is 114 Å². The fraction of sp³-hybridized carbons (Fsp3) is 0.500. The van der Waals surface area contributed by atoms with Crippen molar-refractivity contribution in [3.8, 4) is 0 Å². The van der Waals surface area contributed by atoms with Gasteiger partial charge in [0.2, 0.25) is 0 Å². The highest BCUT2D eigenvalue weighted by molar-refractivity contribution is 6.31. The molecule has 0 saturated carbocycles. The van der Waals surface area contributed by atoms with Crippen molar-refractivity contribution in [2.24, 2.45) is 0 Å². The lowest BCUT2D eigenvalue weighted by molar-refractivity contribution is -0.0568. The van der Waals surface area contributed by atoms with Crippen LogP contribution in [0.4, 0.5) is 8.78 Å². The van der Waals surface area contributed by atoms with Crippen LogP contribution >= 0.6 is 11.6 Å². The number of piperidine rings is 1. The molecule has 1 aliphatic heterocycles. The summed E-state index contributed by atoms with van der Waals surface area (Å²) in [7, 11) is 0. The van der Waals surface area contributed by atoms with Gasteiger partial charge in [-0.25, -0.2) is 13.6 Å². The second-order valence-electron chi connectivity index (χ2n) is 4.59. The molecule has 0 aromatic carbocycles. The summed E-state index contributed by atoms with van der Waals surface area (Å²) in [5.41, 5.74) is 0.524. The van der Waals surface area contributed by atoms with Crippen LogP contribution in [-0.4, -0.2) is 40.0 Å². The quantitative estimate of drug-likeness (QED) is 0.930. The predicted molar refractivity (Wildman–Crippen MR) is 65.7 cm³/mol. The summed E-state index contributed by atoms with van der Waals surface area (Å²) in [6.07, 6.45) is 0.887. The van der Waals surface area contributed by atoms with Crippen molar-refractivity contribution in [3.63, 3.8) is 0 Å². The molecule has 0 unspecified atom stereocenters. The van der Waals surface area contributed by atoms with Gasteiger partial charge < -0.3 is 5.11 Å². The second-order valence-corrected chi connectivity index (χ2v) is 5.00. The molecule has 104 valence electrons. The molecule has 4 nitrogen and oxygen atoms in total. The first-order valence-corrected chi connectivity index (χ1v) is 6.23. The zero-order valence-electron chi connectivity index (χ0n) is 10.1. The molecule has 19 heavy (non-hydrogen) atoms. The Morgan fingerprint density at radius 1 is 1.47 bits per heavy atom. The maximum atomic E-state index is 13.0. The second kappa shape index (κ2) is 5.38. The minimum absolute atomic E-state index is 0.0129. The monoisotopic (exact) mass is 290 g/mol. The van der Waals surface area contributed by atoms with Gasteiger partial charge in [-0.3, -0.25) is 9.88 Å². The van der Waals surface area contributed by atoms with Crippen molar-refractivity contribution in [2.45, 2.75) is 25.3 Å². The van der Waals surface area contributed by atoms with E-state index < -0.39 is 11.9 Å². The van der Waals surface area contributed by atoms with Crippen LogP contribution in [0.3, 0.4) is 0 Å². The van der Waals surface area contributed by atoms with Crippen LogP contribution in [0.25, 0.3) is 0 Å². The first kappa shape index (κ1) is 14.1. The minimum atomic E-state index is -2.58. The highest BCUT2D eigenvalue weighted by Crippen LogP contribution is 2.28. The highest BCUT2D eigenvalue weighted by Gasteiger charge is 2.34. The fourth-order valence-electron chi connectivity index (χ4n) is 1.95. The molecule has 1 aromatic rings. The molecule has 2 rings (SSSR count). The third-order valence-corrected chi connectivity index (χ3v) is 3.45. The first-order valence-electron chi connectivity index (χ1n) is 5.85. The van der Waals surface area contributed by atoms with E-state index >= 15 is 0 Å². The molecular weight excluding hydrogens is 278 g/mol. The number of aromatic carboxylic acids is 1. The number of aromatic nitrogens is 1. The van der Waals surface area contributed by atoms with E-state index in [9.17, 15) is 13.6 Å². The van der Waals surface area contributed by atoms with Gasteiger partial charge in [-0.05, 0) is 6.07 Å². The van der Waals surface area contributed by atoms with Gasteiger partial charge in [0.15, 0.2) is 0 Å². The first-order chi connectivity index (χ1) is 8.87. The Bertz CT molecular complexity index is 487. The number of carboxylic acid groups (broad SMARTS) is 1. The number of carboxylic acids is 1. The van der Waals surface area contributed by atoms with E-state index in [1.807, 2.05) is 4.90 Å². The van der Waals surface area contributed by atoms with E-state index in [1.165, 1.54) is 12.3 Å². The summed E-state index contributed by atoms with van der Waals surface area (Å²) in [6, 6.07) is 1.32. The molecule has 0 spiro atoms. The Balaban J connectivity index is 2.02. The maximum absolute atomic E-state index is 13.0. The molecule has 0 radical (unpaired) electrons. The average Bonchev–Trinajstić information content (AvgIpc) is 2.34. The van der Waals surface area contributed by atoms with Crippen molar-refractivity contribution in [3.05, 3.63) is 28.5 Å². The molecule has 1 aliphatic rings. The molecule has 1 fully saturated rings. The van der Waals surface area contributed by atoms with Crippen molar-refractivity contribution < 1.29 is 18.7 Å². The van der Waals surface area contributed by atoms with Gasteiger partial charge >= 0.3 is 5.97 Å². The molecule has 0 atom stereocenters. The largest absolute Gasteiger partial charge is 0.478 e. The van der Waals surface area contributed by atoms with Gasteiger partial charge in [-0.2, -0.15) is 0 Å². The SMILES string of the molecule is O=C(O)c1cnc(CN2CCC(F)(F)CC2)c(Cl)c1. The molecule has 1 N–H and O–H groups in total. The third-order valence-electron chi connectivity index (χ3n) is 3.13. The zero-order chi connectivity index (χ0) is 14.0. The lowest BCUT2D eigenvalue weighted by atomic mass is 10.1. The molecule has 7 heteroatoms. The van der Waals surface area contributed by atoms with Crippen LogP contribution in [-0.2, 0) is 6.54 Å². The number of pyridine rings is 1. The molecule has 0 amide bonds. The van der Waals surface area contributed by atoms with Crippen LogP contribution in [0.15, 0.2) is 12.3 Å². The molecule has 0 aliphatic carbocycles. The molecular formula is C12H13ClF2N2O2. The number of halogens is 3. The molecule has 1 saturated heterocycles. The van der Waals surface area contributed by atoms with Crippen molar-refractivity contribution >= 4 is 17.6 Å². The van der Waals surface area contributed by atoms with Crippen LogP contribution in [0.5, 0.6) is 0 Å². The number of hydrogen-bond donors (Lipinski definition) is 1. The van der Waals surface area contributed by atoms with Gasteiger partial charge in [0.25, 0.3) is 5.92 Å². The van der Waals surface area contributed by atoms with Gasteiger partial charge in [0.1, 0.15) is 0 Å². The van der Waals surface area contributed by atoms with Crippen molar-refractivity contribution in [1.29, 1.82) is 0 Å². The smallest absolute Gasteiger partial charge is 0.337 e. The number of carbonyl (C=O) groups is 1. The molecule has 1 aromatic heterocycles. The topological polar surface area (TPSA) is 53.4 Å². The number of nitrogens with zero attached hydrogens (tertiary/aromatic N) is 2. The summed E-state index contributed by atoms with van der Waals surface area (Å²) < 4.78 is 26.0. The van der Waals surface area contributed by atoms with Crippen LogP contribution in [0, 0.1) is 0 Å². The summed E-state index contributed by atoms with van der Waals surface area (Å²) in [5, 5.41) is 9.03. The van der Waals surface area contributed by atoms with E-state index in [1.54, 1.807) is 0 Å². The van der Waals surface area contributed by atoms with E-state index in [0.29, 0.717) is 12.2 Å². The Morgan fingerprint density at radius 3 is 2.63 bits per heavy atom. The lowest BCUT2D eigenvalue weighted by Gasteiger charge is -2.31. The van der Waals surface area contributed by atoms with Crippen molar-refractivity contribution in [2.75, 3.05) is 13.1 Å². The number of rotatable bonds is 3. The Kier molecular flexibility index (Phi) is 4.01.